The van der Waals surface area contributed by atoms with Gasteiger partial charge in [-0.05, 0) is 81.4 Å². The SMILES string of the molecule is CC=Cc1c(N(C)Cc2ccc(C#N)cc2)ccc2c(CCC3CCNCC3)noc12. The summed E-state index contributed by atoms with van der Waals surface area (Å²) >= 11 is 0. The molecular formula is C26H30N4O. The van der Waals surface area contributed by atoms with Crippen LogP contribution in [-0.4, -0.2) is 25.3 Å². The van der Waals surface area contributed by atoms with Crippen LogP contribution in [0.3, 0.4) is 0 Å². The van der Waals surface area contributed by atoms with Gasteiger partial charge in [0.1, 0.15) is 0 Å². The summed E-state index contributed by atoms with van der Waals surface area (Å²) in [5, 5.41) is 18.0. The van der Waals surface area contributed by atoms with Gasteiger partial charge >= 0.3 is 0 Å². The summed E-state index contributed by atoms with van der Waals surface area (Å²) in [6, 6.07) is 14.3. The van der Waals surface area contributed by atoms with Crippen molar-refractivity contribution in [2.45, 2.75) is 39.2 Å². The molecular weight excluding hydrogens is 384 g/mol. The molecule has 0 spiro atoms. The first-order valence-corrected chi connectivity index (χ1v) is 11.1. The number of fused-ring (bicyclic) bond motifs is 1. The normalized spacial score (nSPS) is 14.9. The van der Waals surface area contributed by atoms with E-state index in [0.717, 1.165) is 65.5 Å². The highest BCUT2D eigenvalue weighted by Crippen LogP contribution is 2.33. The Morgan fingerprint density at radius 2 is 1.97 bits per heavy atom. The quantitative estimate of drug-likeness (QED) is 0.568. The fourth-order valence-corrected chi connectivity index (χ4v) is 4.46. The summed E-state index contributed by atoms with van der Waals surface area (Å²) in [7, 11) is 2.08. The van der Waals surface area contributed by atoms with Crippen LogP contribution < -0.4 is 10.2 Å². The molecule has 3 aromatic rings. The molecule has 5 nitrogen and oxygen atoms in total. The number of hydrogen-bond acceptors (Lipinski definition) is 5. The summed E-state index contributed by atoms with van der Waals surface area (Å²) in [6.45, 7) is 5.03. The first-order chi connectivity index (χ1) is 15.2. The zero-order valence-electron chi connectivity index (χ0n) is 18.4. The number of allylic oxidation sites excluding steroid dienone is 1. The van der Waals surface area contributed by atoms with Crippen LogP contribution in [0.4, 0.5) is 5.69 Å². The van der Waals surface area contributed by atoms with Crippen molar-refractivity contribution in [2.24, 2.45) is 5.92 Å². The number of nitrogens with one attached hydrogen (secondary N) is 1. The van der Waals surface area contributed by atoms with E-state index in [4.69, 9.17) is 9.78 Å². The molecule has 1 aliphatic heterocycles. The Kier molecular flexibility index (Phi) is 6.69. The molecule has 1 N–H and O–H groups in total. The number of benzene rings is 2. The molecule has 2 aromatic carbocycles. The van der Waals surface area contributed by atoms with Gasteiger partial charge in [0.15, 0.2) is 5.58 Å². The zero-order valence-corrected chi connectivity index (χ0v) is 18.4. The average Bonchev–Trinajstić information content (AvgIpc) is 3.22. The van der Waals surface area contributed by atoms with Crippen LogP contribution in [0, 0.1) is 17.2 Å². The molecule has 0 radical (unpaired) electrons. The van der Waals surface area contributed by atoms with Crippen molar-refractivity contribution in [1.82, 2.24) is 10.5 Å². The van der Waals surface area contributed by atoms with Crippen LogP contribution >= 0.6 is 0 Å². The van der Waals surface area contributed by atoms with E-state index < -0.39 is 0 Å². The third-order valence-corrected chi connectivity index (χ3v) is 6.23. The Hall–Kier alpha value is -3.10. The topological polar surface area (TPSA) is 65.1 Å². The number of anilines is 1. The van der Waals surface area contributed by atoms with Gasteiger partial charge < -0.3 is 14.7 Å². The van der Waals surface area contributed by atoms with Crippen molar-refractivity contribution in [3.05, 3.63) is 64.9 Å². The lowest BCUT2D eigenvalue weighted by atomic mass is 9.92. The minimum atomic E-state index is 0.682. The Labute approximate surface area is 184 Å². The first-order valence-electron chi connectivity index (χ1n) is 11.1. The molecule has 1 saturated heterocycles. The maximum absolute atomic E-state index is 9.01. The number of rotatable bonds is 7. The number of nitriles is 1. The summed E-state index contributed by atoms with van der Waals surface area (Å²) in [6.07, 6.45) is 8.80. The zero-order chi connectivity index (χ0) is 21.6. The van der Waals surface area contributed by atoms with Gasteiger partial charge in [-0.25, -0.2) is 0 Å². The monoisotopic (exact) mass is 414 g/mol. The molecule has 4 rings (SSSR count). The fraction of sp³-hybridized carbons (Fsp3) is 0.385. The van der Waals surface area contributed by atoms with E-state index in [2.05, 4.69) is 46.7 Å². The second kappa shape index (κ2) is 9.80. The second-order valence-corrected chi connectivity index (χ2v) is 8.40. The van der Waals surface area contributed by atoms with E-state index in [-0.39, 0.29) is 0 Å². The van der Waals surface area contributed by atoms with Gasteiger partial charge in [-0.1, -0.05) is 29.4 Å². The lowest BCUT2D eigenvalue weighted by molar-refractivity contribution is 0.350. The standard InChI is InChI=1S/C26H30N4O/c1-3-4-23-25(30(2)18-21-7-5-20(17-27)6-8-21)12-10-22-24(29-31-26(22)23)11-9-19-13-15-28-16-14-19/h3-8,10,12,19,28H,9,11,13-16,18H2,1-2H3. The molecule has 5 heteroatoms. The van der Waals surface area contributed by atoms with Gasteiger partial charge in [0.2, 0.25) is 0 Å². The Morgan fingerprint density at radius 1 is 1.19 bits per heavy atom. The highest BCUT2D eigenvalue weighted by atomic mass is 16.5. The molecule has 0 saturated carbocycles. The van der Waals surface area contributed by atoms with E-state index >= 15 is 0 Å². The summed E-state index contributed by atoms with van der Waals surface area (Å²) in [5.41, 5.74) is 5.95. The van der Waals surface area contributed by atoms with Crippen LogP contribution in [0.5, 0.6) is 0 Å². The number of hydrogen-bond donors (Lipinski definition) is 1. The minimum Gasteiger partial charge on any atom is -0.370 e. The third-order valence-electron chi connectivity index (χ3n) is 6.23. The Morgan fingerprint density at radius 3 is 2.68 bits per heavy atom. The summed E-state index contributed by atoms with van der Waals surface area (Å²) in [4.78, 5) is 2.22. The molecule has 1 fully saturated rings. The average molecular weight is 415 g/mol. The largest absolute Gasteiger partial charge is 0.370 e. The molecule has 160 valence electrons. The van der Waals surface area contributed by atoms with Gasteiger partial charge in [-0.2, -0.15) is 5.26 Å². The maximum atomic E-state index is 9.01. The maximum Gasteiger partial charge on any atom is 0.176 e. The molecule has 0 bridgehead atoms. The van der Waals surface area contributed by atoms with Crippen molar-refractivity contribution in [3.63, 3.8) is 0 Å². The molecule has 31 heavy (non-hydrogen) atoms. The fourth-order valence-electron chi connectivity index (χ4n) is 4.46. The van der Waals surface area contributed by atoms with Crippen LogP contribution in [0.15, 0.2) is 47.0 Å². The van der Waals surface area contributed by atoms with Gasteiger partial charge in [0.25, 0.3) is 0 Å². The Balaban J connectivity index is 1.57. The van der Waals surface area contributed by atoms with Gasteiger partial charge in [0.05, 0.1) is 17.3 Å². The molecule has 0 amide bonds. The van der Waals surface area contributed by atoms with Crippen molar-refractivity contribution >= 4 is 22.7 Å². The molecule has 0 atom stereocenters. The predicted octanol–water partition coefficient (Wildman–Crippen LogP) is 5.30. The lowest BCUT2D eigenvalue weighted by Gasteiger charge is -2.22. The van der Waals surface area contributed by atoms with Crippen LogP contribution in [0.2, 0.25) is 0 Å². The third kappa shape index (κ3) is 4.81. The minimum absolute atomic E-state index is 0.682. The van der Waals surface area contributed by atoms with Gasteiger partial charge in [-0.15, -0.1) is 0 Å². The van der Waals surface area contributed by atoms with Crippen molar-refractivity contribution in [3.8, 4) is 6.07 Å². The predicted molar refractivity (Wildman–Crippen MR) is 126 cm³/mol. The first kappa shape index (κ1) is 21.1. The van der Waals surface area contributed by atoms with E-state index in [1.807, 2.05) is 37.3 Å². The molecule has 1 aromatic heterocycles. The summed E-state index contributed by atoms with van der Waals surface area (Å²) < 4.78 is 5.87. The number of nitrogens with zero attached hydrogens (tertiary/aromatic N) is 3. The van der Waals surface area contributed by atoms with E-state index in [0.29, 0.717) is 5.56 Å². The number of piperidine rings is 1. The molecule has 1 aliphatic rings. The number of aryl methyl sites for hydroxylation is 1. The van der Waals surface area contributed by atoms with Gasteiger partial charge in [-0.3, -0.25) is 0 Å². The molecule has 0 unspecified atom stereocenters. The van der Waals surface area contributed by atoms with Crippen LogP contribution in [-0.2, 0) is 13.0 Å². The Bertz CT molecular complexity index is 1090. The second-order valence-electron chi connectivity index (χ2n) is 8.40. The molecule has 0 aliphatic carbocycles. The lowest BCUT2D eigenvalue weighted by Crippen LogP contribution is -2.27. The smallest absolute Gasteiger partial charge is 0.176 e. The van der Waals surface area contributed by atoms with Crippen molar-refractivity contribution < 1.29 is 4.52 Å². The highest BCUT2D eigenvalue weighted by molar-refractivity contribution is 5.93. The number of aromatic nitrogens is 1. The van der Waals surface area contributed by atoms with E-state index in [1.54, 1.807) is 0 Å². The van der Waals surface area contributed by atoms with E-state index in [9.17, 15) is 0 Å². The van der Waals surface area contributed by atoms with E-state index in [1.165, 1.54) is 19.3 Å². The van der Waals surface area contributed by atoms with Crippen LogP contribution in [0.1, 0.15) is 48.6 Å². The van der Waals surface area contributed by atoms with Crippen LogP contribution in [0.25, 0.3) is 17.0 Å². The highest BCUT2D eigenvalue weighted by Gasteiger charge is 2.19. The van der Waals surface area contributed by atoms with Crippen molar-refractivity contribution in [1.29, 1.82) is 5.26 Å². The van der Waals surface area contributed by atoms with Gasteiger partial charge in [0, 0.05) is 30.2 Å². The molecule has 2 heterocycles. The van der Waals surface area contributed by atoms with Crippen molar-refractivity contribution in [2.75, 3.05) is 25.0 Å². The summed E-state index contributed by atoms with van der Waals surface area (Å²) in [5.74, 6) is 0.779.